The number of carbonyl (C=O) groups is 2. The van der Waals surface area contributed by atoms with Gasteiger partial charge in [0.1, 0.15) is 51.0 Å². The van der Waals surface area contributed by atoms with Crippen LogP contribution in [0.3, 0.4) is 0 Å². The van der Waals surface area contributed by atoms with Gasteiger partial charge in [0.15, 0.2) is 64.2 Å². The Kier molecular flexibility index (Phi) is 30.6. The Morgan fingerprint density at radius 2 is 0.604 bits per heavy atom. The monoisotopic (exact) mass is 2090 g/mol. The molecule has 9 aliphatic rings. The van der Waals surface area contributed by atoms with Crippen molar-refractivity contribution in [1.82, 2.24) is 5.32 Å². The highest BCUT2D eigenvalue weighted by atomic mass is 32.1. The number of anilines is 11. The normalized spacial score (nSPS) is 17.7. The third kappa shape index (κ3) is 19.7. The van der Waals surface area contributed by atoms with Gasteiger partial charge in [-0.25, -0.2) is 34.2 Å². The standard InChI is InChI=1S/C28H25N5S2.C26H21N3OS.C23H25N5S2.C22H22N4S.C20H17N3O2S/c1-19-10-12-22(13-11-19)33-27(35)32(23-14-15-24(29-3)20(2)18-23)25(28(33)16-7-17-28)31-26(34)30-21-8-5-4-6-9-21;1-18-17-22(13-14-23(18)27-2)28-24(30)26(15-6-16-26)29(25(28)31)21-11-9-20(10-12-21)19-7-4-3-5-8-19;1-7-25-21(29)26-20-23(4,5)28(17-10-8-15(2)9-11-17)22(30)27(20)18-12-13-19(24-6)16(3)14-18;1-15-6-8-17(9-7-15)26-21(27)25(20(24-4)22(26)12-5-13-22)18-10-11-19(23-3)16(2)14-18;1-13-12-15(6-9-17(13)21-2)22-18(25)20(10-3-11-20)23(19(22)26)14-4-7-16(24)8-5-14/h4-6,8-15,18H,7,16-17H2,1-2H3,(H,30,34);3-5,7-14,17H,6,15-16H2,1H3;8-14H,7H2,1-5H3,(H,25,29);6-11,14H,5,12-13H2,1-2,4H3;4-9,12,24H,3,10-11H2,1H3. The Morgan fingerprint density at radius 1 is 0.336 bits per heavy atom. The van der Waals surface area contributed by atoms with Crippen LogP contribution < -0.4 is 59.6 Å². The van der Waals surface area contributed by atoms with Crippen molar-refractivity contribution in [1.29, 1.82) is 0 Å². The molecular weight excluding hydrogens is 1980 g/mol. The third-order valence-electron chi connectivity index (χ3n) is 29.1. The lowest BCUT2D eigenvalue weighted by Gasteiger charge is -2.44. The van der Waals surface area contributed by atoms with Crippen LogP contribution in [0.5, 0.6) is 5.75 Å². The molecule has 23 nitrogen and oxygen atoms in total. The van der Waals surface area contributed by atoms with Gasteiger partial charge in [-0.05, 0) is 423 Å². The lowest BCUT2D eigenvalue weighted by Crippen LogP contribution is -2.55. The predicted octanol–water partition coefficient (Wildman–Crippen LogP) is 28.7. The minimum Gasteiger partial charge on any atom is -0.508 e. The fourth-order valence-electron chi connectivity index (χ4n) is 20.7. The highest BCUT2D eigenvalue weighted by Crippen LogP contribution is 2.55. The van der Waals surface area contributed by atoms with Crippen molar-refractivity contribution < 1.29 is 14.7 Å². The molecule has 5 heterocycles. The molecule has 9 fully saturated rings. The first-order valence-electron chi connectivity index (χ1n) is 49.3. The molecule has 0 unspecified atom stereocenters. The SMILES string of the molecule is [C-]#[N+]c1ccc(N2C(=O)C3(CCC3)N(c3ccc(-c4ccccc4)cc3)C2=S)cc1C.[C-]#[N+]c1ccc(N2C(=O)C3(CCC3)N(c3ccc(O)cc3)C2=S)cc1C.[C-]#[N+]c1ccc(N2C(=S)N(c3ccc(C)cc3)C(C)(C)C2=NC(=S)NCC)cc1C.[C-]#[N+]c1ccc(N2C(=S)N(c3ccc(C)cc3)C3(CCC3)C2=NC(=S)Nc2ccccc2)cc1C.[C-]#[N+]c1ccc(N2C(=S)N(c3ccc(C)cc3)C3(CCC3)C2=NC)cc1C. The summed E-state index contributed by atoms with van der Waals surface area (Å²) in [5, 5.41) is 19.7. The number of aryl methyl sites for hydroxylation is 8. The van der Waals surface area contributed by atoms with Crippen molar-refractivity contribution in [2.24, 2.45) is 15.0 Å². The van der Waals surface area contributed by atoms with Gasteiger partial charge in [-0.1, -0.05) is 144 Å². The summed E-state index contributed by atoms with van der Waals surface area (Å²) in [6.07, 6.45) is 11.3. The number of thiocarbonyl (C=S) groups is 7. The highest BCUT2D eigenvalue weighted by molar-refractivity contribution is 7.82. The molecule has 0 atom stereocenters. The Labute approximate surface area is 909 Å². The smallest absolute Gasteiger partial charge is 0.259 e. The predicted molar refractivity (Wildman–Crippen MR) is 636 cm³/mol. The molecule has 4 aliphatic carbocycles. The van der Waals surface area contributed by atoms with E-state index in [-0.39, 0.29) is 28.6 Å². The number of rotatable bonds is 13. The topological polar surface area (TPSA) is 170 Å². The van der Waals surface area contributed by atoms with Crippen molar-refractivity contribution in [3.63, 3.8) is 0 Å². The van der Waals surface area contributed by atoms with E-state index >= 15 is 0 Å². The maximum absolute atomic E-state index is 13.6. The number of phenols is 1. The fourth-order valence-corrected chi connectivity index (χ4v) is 23.5. The van der Waals surface area contributed by atoms with E-state index < -0.39 is 16.6 Å². The maximum atomic E-state index is 13.6. The first-order valence-corrected chi connectivity index (χ1v) is 52.2. The number of aliphatic imine (C=N–C) groups is 3. The summed E-state index contributed by atoms with van der Waals surface area (Å²) in [5.74, 6) is 2.78. The van der Waals surface area contributed by atoms with Gasteiger partial charge in [0.25, 0.3) is 11.8 Å². The second-order valence-corrected chi connectivity index (χ2v) is 41.5. The zero-order valence-electron chi connectivity index (χ0n) is 84.8. The highest BCUT2D eigenvalue weighted by Gasteiger charge is 2.63. The summed E-state index contributed by atoms with van der Waals surface area (Å²) in [5.41, 5.74) is 21.1. The Balaban J connectivity index is 0.000000127. The molecule has 5 saturated heterocycles. The average molecular weight is 2090 g/mol. The Bertz CT molecular complexity index is 7700. The zero-order chi connectivity index (χ0) is 106. The lowest BCUT2D eigenvalue weighted by molar-refractivity contribution is -0.124. The number of hydrogen-bond acceptors (Lipinski definition) is 11. The Morgan fingerprint density at radius 3 is 0.926 bits per heavy atom. The van der Waals surface area contributed by atoms with E-state index in [9.17, 15) is 14.7 Å². The molecule has 2 amide bonds. The van der Waals surface area contributed by atoms with Crippen LogP contribution in [0, 0.1) is 88.3 Å². The van der Waals surface area contributed by atoms with Gasteiger partial charge in [-0.3, -0.25) is 39.1 Å². The molecule has 0 aromatic heterocycles. The van der Waals surface area contributed by atoms with Gasteiger partial charge in [0.2, 0.25) is 0 Å². The van der Waals surface area contributed by atoms with Gasteiger partial charge in [0, 0.05) is 76.2 Å². The van der Waals surface area contributed by atoms with Gasteiger partial charge in [0.05, 0.1) is 32.9 Å². The first-order chi connectivity index (χ1) is 71.7. The van der Waals surface area contributed by atoms with Gasteiger partial charge in [-0.2, -0.15) is 0 Å². The number of aromatic hydroxyl groups is 1. The molecule has 149 heavy (non-hydrogen) atoms. The van der Waals surface area contributed by atoms with E-state index in [1.54, 1.807) is 52.3 Å². The average Bonchev–Trinajstić information content (AvgIpc) is 1.54. The zero-order valence-corrected chi connectivity index (χ0v) is 90.6. The van der Waals surface area contributed by atoms with Crippen LogP contribution in [0.2, 0.25) is 0 Å². The molecule has 21 rings (SSSR count). The Hall–Kier alpha value is -15.5. The van der Waals surface area contributed by atoms with Crippen molar-refractivity contribution in [2.75, 3.05) is 67.9 Å². The fraction of sp³-hybridized carbons (Fsp3) is 0.252. The summed E-state index contributed by atoms with van der Waals surface area (Å²) in [6.45, 7) is 59.2. The molecule has 30 heteroatoms. The lowest BCUT2D eigenvalue weighted by atomic mass is 9.74. The van der Waals surface area contributed by atoms with Crippen LogP contribution in [0.25, 0.3) is 35.4 Å². The number of amides is 2. The number of carbonyl (C=O) groups excluding carboxylic acids is 2. The molecule has 12 aromatic rings. The quantitative estimate of drug-likeness (QED) is 0.0735. The van der Waals surface area contributed by atoms with E-state index in [2.05, 4.69) is 203 Å². The first kappa shape index (κ1) is 105. The number of nitrogens with zero attached hydrogens (tertiary/aromatic N) is 18. The van der Waals surface area contributed by atoms with E-state index in [0.29, 0.717) is 71.3 Å². The number of hydrogen-bond donors (Lipinski definition) is 3. The minimum absolute atomic E-state index is 0.0169. The number of amidine groups is 3. The van der Waals surface area contributed by atoms with E-state index in [4.69, 9.17) is 128 Å². The van der Waals surface area contributed by atoms with Crippen LogP contribution in [-0.4, -0.2) is 112 Å². The molecule has 12 aromatic carbocycles. The van der Waals surface area contributed by atoms with Crippen molar-refractivity contribution in [2.45, 2.75) is 181 Å². The number of phenolic OH excluding ortho intramolecular Hbond substituents is 1. The minimum atomic E-state index is -0.638. The summed E-state index contributed by atoms with van der Waals surface area (Å²) in [4.78, 5) is 79.1. The summed E-state index contributed by atoms with van der Waals surface area (Å²) < 4.78 is 0. The molecule has 3 N–H and O–H groups in total. The maximum Gasteiger partial charge on any atom is 0.259 e. The van der Waals surface area contributed by atoms with Gasteiger partial charge < -0.3 is 40.2 Å². The molecule has 0 radical (unpaired) electrons. The number of nitrogens with one attached hydrogen (secondary N) is 2. The molecular formula is C119H110N20O3S7. The van der Waals surface area contributed by atoms with Crippen LogP contribution in [0.15, 0.2) is 288 Å². The van der Waals surface area contributed by atoms with Crippen LogP contribution in [-0.2, 0) is 9.59 Å². The molecule has 5 aliphatic heterocycles. The van der Waals surface area contributed by atoms with Gasteiger partial charge in [-0.15, -0.1) is 0 Å². The second-order valence-electron chi connectivity index (χ2n) is 38.9. The van der Waals surface area contributed by atoms with E-state index in [0.717, 1.165) is 189 Å². The number of para-hydroxylation sites is 1. The van der Waals surface area contributed by atoms with Crippen molar-refractivity contribution in [3.8, 4) is 16.9 Å². The molecule has 0 bridgehead atoms. The van der Waals surface area contributed by atoms with Gasteiger partial charge >= 0.3 is 0 Å². The van der Waals surface area contributed by atoms with Crippen molar-refractivity contribution in [3.05, 3.63) is 375 Å². The summed E-state index contributed by atoms with van der Waals surface area (Å²) >= 11 is 40.7. The largest absolute Gasteiger partial charge is 0.508 e. The van der Waals surface area contributed by atoms with E-state index in [1.807, 2.05) is 190 Å². The molecule has 4 spiro atoms. The van der Waals surface area contributed by atoms with Crippen LogP contribution >= 0.6 is 85.5 Å². The second kappa shape index (κ2) is 43.5. The van der Waals surface area contributed by atoms with E-state index in [1.165, 1.54) is 23.1 Å². The molecule has 4 saturated carbocycles. The van der Waals surface area contributed by atoms with Crippen LogP contribution in [0.1, 0.15) is 142 Å². The van der Waals surface area contributed by atoms with Crippen molar-refractivity contribution >= 4 is 242 Å². The molecule has 746 valence electrons. The summed E-state index contributed by atoms with van der Waals surface area (Å²) in [6, 6.07) is 88.6. The third-order valence-corrected chi connectivity index (χ3v) is 31.4. The van der Waals surface area contributed by atoms with Crippen LogP contribution in [0.4, 0.5) is 91.0 Å². The number of benzene rings is 12. The summed E-state index contributed by atoms with van der Waals surface area (Å²) in [7, 11) is 1.85.